The van der Waals surface area contributed by atoms with Crippen molar-refractivity contribution >= 4 is 17.7 Å². The highest BCUT2D eigenvalue weighted by atomic mass is 19.4. The lowest BCUT2D eigenvalue weighted by atomic mass is 10.00. The first kappa shape index (κ1) is 39.0. The Kier molecular flexibility index (Phi) is 10.3. The Balaban J connectivity index is 2.81. The molecule has 0 aliphatic rings. The minimum Gasteiger partial charge on any atom is -0.425 e. The molecule has 0 radical (unpaired) electrons. The number of esters is 2. The molecular weight excluding hydrogens is 710 g/mol. The number of carbonyl (C=O) groups excluding carboxylic acids is 3. The van der Waals surface area contributed by atoms with Crippen LogP contribution in [-0.2, 0) is 51.4 Å². The minimum atomic E-state index is -6.21. The van der Waals surface area contributed by atoms with Crippen molar-refractivity contribution in [3.63, 3.8) is 0 Å². The van der Waals surface area contributed by atoms with Crippen molar-refractivity contribution in [2.75, 3.05) is 0 Å². The number of Topliss-reactive ketones (excluding diaryl/α,β-unsaturated/α-hetero) is 1. The molecule has 0 aliphatic heterocycles. The van der Waals surface area contributed by atoms with E-state index in [0.29, 0.717) is 6.92 Å². The SMILES string of the molecule is CC(=O)CC(C(=O)Oc1c(C(F)(F)F)cc(C(F)(F)F)cc1C(F)(F)F)C(=O)Oc1c(C(F)(F)F)cc(C(F)(F)F)cc1C(F)(F)F. The van der Waals surface area contributed by atoms with E-state index in [4.69, 9.17) is 0 Å². The zero-order valence-corrected chi connectivity index (χ0v) is 21.9. The number of rotatable bonds is 6. The van der Waals surface area contributed by atoms with Crippen molar-refractivity contribution in [2.45, 2.75) is 50.4 Å². The molecular formula is C24H10F18O5. The molecule has 262 valence electrons. The predicted molar refractivity (Wildman–Crippen MR) is 113 cm³/mol. The fourth-order valence-electron chi connectivity index (χ4n) is 3.54. The highest BCUT2D eigenvalue weighted by Gasteiger charge is 2.49. The Bertz CT molecular complexity index is 1360. The predicted octanol–water partition coefficient (Wildman–Crippen LogP) is 8.91. The average molecular weight is 720 g/mol. The number of benzene rings is 2. The summed E-state index contributed by atoms with van der Waals surface area (Å²) in [6, 6.07) is -3.93. The number of halogens is 18. The molecule has 0 fully saturated rings. The monoisotopic (exact) mass is 720 g/mol. The Morgan fingerprint density at radius 1 is 0.489 bits per heavy atom. The Labute approximate surface area is 247 Å². The molecule has 0 bridgehead atoms. The summed E-state index contributed by atoms with van der Waals surface area (Å²) in [6.07, 6.45) is -38.4. The van der Waals surface area contributed by atoms with Gasteiger partial charge in [0.2, 0.25) is 0 Å². The Morgan fingerprint density at radius 2 is 0.723 bits per heavy atom. The van der Waals surface area contributed by atoms with Gasteiger partial charge in [0.05, 0.1) is 33.4 Å². The molecule has 0 N–H and O–H groups in total. The molecule has 2 rings (SSSR count). The molecule has 2 aromatic rings. The molecule has 0 amide bonds. The van der Waals surface area contributed by atoms with E-state index in [2.05, 4.69) is 9.47 Å². The zero-order chi connectivity index (χ0) is 36.9. The van der Waals surface area contributed by atoms with Crippen LogP contribution in [0.25, 0.3) is 0 Å². The van der Waals surface area contributed by atoms with Gasteiger partial charge < -0.3 is 9.47 Å². The fraction of sp³-hybridized carbons (Fsp3) is 0.375. The van der Waals surface area contributed by atoms with Crippen LogP contribution in [0.15, 0.2) is 24.3 Å². The van der Waals surface area contributed by atoms with E-state index in [1.807, 2.05) is 0 Å². The number of alkyl halides is 18. The van der Waals surface area contributed by atoms with E-state index in [0.717, 1.165) is 0 Å². The van der Waals surface area contributed by atoms with Crippen LogP contribution in [-0.4, -0.2) is 17.7 Å². The second kappa shape index (κ2) is 12.4. The van der Waals surface area contributed by atoms with Crippen LogP contribution in [0.5, 0.6) is 11.5 Å². The third-order valence-electron chi connectivity index (χ3n) is 5.52. The molecule has 0 aliphatic carbocycles. The van der Waals surface area contributed by atoms with Crippen LogP contribution in [0.1, 0.15) is 46.7 Å². The first-order valence-electron chi connectivity index (χ1n) is 11.5. The lowest BCUT2D eigenvalue weighted by molar-refractivity contribution is -0.157. The van der Waals surface area contributed by atoms with Crippen LogP contribution in [0, 0.1) is 5.92 Å². The quantitative estimate of drug-likeness (QED) is 0.129. The molecule has 2 aromatic carbocycles. The van der Waals surface area contributed by atoms with Gasteiger partial charge in [0.1, 0.15) is 5.78 Å². The second-order valence-corrected chi connectivity index (χ2v) is 9.09. The van der Waals surface area contributed by atoms with Gasteiger partial charge in [-0.15, -0.1) is 0 Å². The van der Waals surface area contributed by atoms with Gasteiger partial charge >= 0.3 is 49.0 Å². The Morgan fingerprint density at radius 3 is 0.894 bits per heavy atom. The number of hydrogen-bond acceptors (Lipinski definition) is 5. The maximum absolute atomic E-state index is 13.6. The summed E-state index contributed by atoms with van der Waals surface area (Å²) in [7, 11) is 0. The normalized spacial score (nSPS) is 13.5. The number of carbonyl (C=O) groups is 3. The van der Waals surface area contributed by atoms with Crippen molar-refractivity contribution in [1.82, 2.24) is 0 Å². The highest BCUT2D eigenvalue weighted by Crippen LogP contribution is 2.49. The maximum atomic E-state index is 13.6. The molecule has 0 unspecified atom stereocenters. The highest BCUT2D eigenvalue weighted by molar-refractivity contribution is 6.00. The van der Waals surface area contributed by atoms with Gasteiger partial charge in [-0.25, -0.2) is 0 Å². The van der Waals surface area contributed by atoms with E-state index in [-0.39, 0.29) is 0 Å². The second-order valence-electron chi connectivity index (χ2n) is 9.09. The maximum Gasteiger partial charge on any atom is 0.420 e. The van der Waals surface area contributed by atoms with Gasteiger partial charge in [-0.2, -0.15) is 79.0 Å². The third-order valence-corrected chi connectivity index (χ3v) is 5.52. The molecule has 5 nitrogen and oxygen atoms in total. The number of hydrogen-bond donors (Lipinski definition) is 0. The van der Waals surface area contributed by atoms with E-state index in [9.17, 15) is 93.4 Å². The van der Waals surface area contributed by atoms with E-state index < -0.39 is 136 Å². The molecule has 0 saturated heterocycles. The third kappa shape index (κ3) is 9.42. The van der Waals surface area contributed by atoms with Gasteiger partial charge in [-0.3, -0.25) is 14.4 Å². The summed E-state index contributed by atoms with van der Waals surface area (Å²) in [6.45, 7) is 0.411. The van der Waals surface area contributed by atoms with Gasteiger partial charge in [0.25, 0.3) is 0 Å². The number of ether oxygens (including phenoxy) is 2. The lowest BCUT2D eigenvalue weighted by Crippen LogP contribution is -2.35. The summed E-state index contributed by atoms with van der Waals surface area (Å²) in [5.74, 6) is -16.0. The van der Waals surface area contributed by atoms with Crippen molar-refractivity contribution < 1.29 is 103 Å². The largest absolute Gasteiger partial charge is 0.425 e. The summed E-state index contributed by atoms with van der Waals surface area (Å²) in [5, 5.41) is 0. The molecule has 0 saturated carbocycles. The van der Waals surface area contributed by atoms with Crippen LogP contribution in [0.3, 0.4) is 0 Å². The van der Waals surface area contributed by atoms with E-state index in [1.165, 1.54) is 0 Å². The molecule has 0 spiro atoms. The van der Waals surface area contributed by atoms with Crippen LogP contribution >= 0.6 is 0 Å². The van der Waals surface area contributed by atoms with Crippen molar-refractivity contribution in [1.29, 1.82) is 0 Å². The van der Waals surface area contributed by atoms with Gasteiger partial charge in [-0.1, -0.05) is 0 Å². The van der Waals surface area contributed by atoms with Gasteiger partial charge in [0, 0.05) is 6.42 Å². The topological polar surface area (TPSA) is 69.7 Å². The van der Waals surface area contributed by atoms with Crippen LogP contribution in [0.2, 0.25) is 0 Å². The minimum absolute atomic E-state index is 0.411. The summed E-state index contributed by atoms with van der Waals surface area (Å²) in [5.41, 5.74) is -17.1. The average Bonchev–Trinajstić information content (AvgIpc) is 2.83. The number of ketones is 1. The molecule has 0 aromatic heterocycles. The van der Waals surface area contributed by atoms with E-state index >= 15 is 0 Å². The zero-order valence-electron chi connectivity index (χ0n) is 21.9. The van der Waals surface area contributed by atoms with Crippen LogP contribution < -0.4 is 9.47 Å². The lowest BCUT2D eigenvalue weighted by Gasteiger charge is -2.23. The van der Waals surface area contributed by atoms with Crippen molar-refractivity contribution in [3.05, 3.63) is 57.6 Å². The molecule has 0 atom stereocenters. The fourth-order valence-corrected chi connectivity index (χ4v) is 3.54. The first-order valence-corrected chi connectivity index (χ1v) is 11.5. The first-order chi connectivity index (χ1) is 20.8. The van der Waals surface area contributed by atoms with E-state index in [1.54, 1.807) is 0 Å². The summed E-state index contributed by atoms with van der Waals surface area (Å²) in [4.78, 5) is 36.9. The summed E-state index contributed by atoms with van der Waals surface area (Å²) >= 11 is 0. The van der Waals surface area contributed by atoms with Crippen molar-refractivity contribution in [2.24, 2.45) is 5.92 Å². The van der Waals surface area contributed by atoms with Gasteiger partial charge in [-0.05, 0) is 31.2 Å². The van der Waals surface area contributed by atoms with Crippen LogP contribution in [0.4, 0.5) is 79.0 Å². The molecule has 47 heavy (non-hydrogen) atoms. The Hall–Kier alpha value is -4.21. The summed E-state index contributed by atoms with van der Waals surface area (Å²) < 4.78 is 249. The van der Waals surface area contributed by atoms with Crippen molar-refractivity contribution in [3.8, 4) is 11.5 Å². The molecule has 23 heteroatoms. The smallest absolute Gasteiger partial charge is 0.420 e. The standard InChI is InChI=1S/C24H10F18O5/c1-7(43)2-10(17(44)46-15-11(21(31,32)33)3-8(19(25,26)27)4-12(15)22(34,35)36)18(45)47-16-13(23(37,38)39)5-9(20(28,29)30)6-14(16)24(40,41)42/h3-6,10H,2H2,1H3. The molecule has 0 heterocycles. The van der Waals surface area contributed by atoms with Gasteiger partial charge in [0.15, 0.2) is 17.4 Å².